The summed E-state index contributed by atoms with van der Waals surface area (Å²) in [5.41, 5.74) is 0.669. The topological polar surface area (TPSA) is 67.6 Å². The first kappa shape index (κ1) is 14.2. The number of rotatable bonds is 3. The Hall–Kier alpha value is -1.80. The Bertz CT molecular complexity index is 743. The molecule has 0 aromatic carbocycles. The Kier molecular flexibility index (Phi) is 3.98. The fourth-order valence-corrected chi connectivity index (χ4v) is 3.70. The van der Waals surface area contributed by atoms with Crippen molar-refractivity contribution in [3.63, 3.8) is 0 Å². The van der Waals surface area contributed by atoms with Gasteiger partial charge in [-0.3, -0.25) is 14.5 Å². The quantitative estimate of drug-likeness (QED) is 0.856. The lowest BCUT2D eigenvalue weighted by molar-refractivity contribution is -0.118. The molecule has 2 aromatic heterocycles. The molecular formula is C13H14N4O2S2. The first-order chi connectivity index (χ1) is 10.1. The van der Waals surface area contributed by atoms with Crippen molar-refractivity contribution >= 4 is 39.6 Å². The van der Waals surface area contributed by atoms with Gasteiger partial charge in [0.25, 0.3) is 5.91 Å². The van der Waals surface area contributed by atoms with Crippen LogP contribution in [-0.2, 0) is 23.1 Å². The second-order valence-corrected chi connectivity index (χ2v) is 6.46. The van der Waals surface area contributed by atoms with Crippen molar-refractivity contribution in [3.05, 3.63) is 27.5 Å². The highest BCUT2D eigenvalue weighted by atomic mass is 32.1. The maximum Gasteiger partial charge on any atom is 0.254 e. The highest BCUT2D eigenvalue weighted by molar-refractivity contribution is 7.14. The van der Waals surface area contributed by atoms with Gasteiger partial charge in [-0.2, -0.15) is 4.99 Å². The molecule has 3 heterocycles. The standard InChI is InChI=1S/C13H14N4O2S2/c1-16-5-6-20-12(16)15-10(18)7-9-8-21-13(14-9)17-4-2-3-11(17)19/h5-6,8H,2-4,7H2,1H3. The average Bonchev–Trinajstić information content (AvgIpc) is 3.13. The second kappa shape index (κ2) is 5.90. The molecule has 1 aliphatic heterocycles. The van der Waals surface area contributed by atoms with Crippen molar-refractivity contribution in [1.29, 1.82) is 0 Å². The molecule has 0 spiro atoms. The third kappa shape index (κ3) is 3.11. The fourth-order valence-electron chi connectivity index (χ4n) is 2.09. The van der Waals surface area contributed by atoms with E-state index in [0.717, 1.165) is 13.0 Å². The Morgan fingerprint density at radius 3 is 3.00 bits per heavy atom. The SMILES string of the molecule is Cn1ccsc1=NC(=O)Cc1csc(N2CCCC2=O)n1. The summed E-state index contributed by atoms with van der Waals surface area (Å²) in [7, 11) is 1.85. The lowest BCUT2D eigenvalue weighted by Gasteiger charge is -2.10. The van der Waals surface area contributed by atoms with E-state index in [0.29, 0.717) is 22.0 Å². The number of amides is 2. The van der Waals surface area contributed by atoms with Gasteiger partial charge >= 0.3 is 0 Å². The number of carbonyl (C=O) groups excluding carboxylic acids is 2. The predicted molar refractivity (Wildman–Crippen MR) is 81.3 cm³/mol. The fraction of sp³-hybridized carbons (Fsp3) is 0.385. The Morgan fingerprint density at radius 2 is 2.33 bits per heavy atom. The van der Waals surface area contributed by atoms with E-state index < -0.39 is 0 Å². The number of anilines is 1. The van der Waals surface area contributed by atoms with E-state index in [1.54, 1.807) is 9.47 Å². The van der Waals surface area contributed by atoms with Crippen LogP contribution >= 0.6 is 22.7 Å². The van der Waals surface area contributed by atoms with Crippen LogP contribution < -0.4 is 9.70 Å². The minimum absolute atomic E-state index is 0.109. The molecule has 8 heteroatoms. The molecule has 0 atom stereocenters. The van der Waals surface area contributed by atoms with E-state index in [1.165, 1.54) is 22.7 Å². The summed E-state index contributed by atoms with van der Waals surface area (Å²) >= 11 is 2.82. The van der Waals surface area contributed by atoms with Gasteiger partial charge < -0.3 is 4.57 Å². The molecule has 2 amide bonds. The number of hydrogen-bond donors (Lipinski definition) is 0. The molecule has 3 rings (SSSR count). The Morgan fingerprint density at radius 1 is 1.48 bits per heavy atom. The van der Waals surface area contributed by atoms with Crippen LogP contribution in [0.1, 0.15) is 18.5 Å². The molecule has 110 valence electrons. The van der Waals surface area contributed by atoms with Crippen LogP contribution in [0.5, 0.6) is 0 Å². The zero-order valence-corrected chi connectivity index (χ0v) is 13.1. The molecule has 1 saturated heterocycles. The van der Waals surface area contributed by atoms with Gasteiger partial charge in [0.2, 0.25) is 5.91 Å². The molecule has 0 bridgehead atoms. The minimum atomic E-state index is -0.224. The summed E-state index contributed by atoms with van der Waals surface area (Å²) < 4.78 is 1.80. The highest BCUT2D eigenvalue weighted by Crippen LogP contribution is 2.25. The van der Waals surface area contributed by atoms with E-state index in [9.17, 15) is 9.59 Å². The van der Waals surface area contributed by atoms with Gasteiger partial charge in [-0.1, -0.05) is 0 Å². The van der Waals surface area contributed by atoms with Gasteiger partial charge in [0.05, 0.1) is 12.1 Å². The second-order valence-electron chi connectivity index (χ2n) is 4.75. The molecule has 0 unspecified atom stereocenters. The summed E-state index contributed by atoms with van der Waals surface area (Å²) in [5, 5.41) is 4.39. The predicted octanol–water partition coefficient (Wildman–Crippen LogP) is 1.34. The largest absolute Gasteiger partial charge is 0.327 e. The summed E-state index contributed by atoms with van der Waals surface area (Å²) in [5.74, 6) is -0.116. The molecule has 0 N–H and O–H groups in total. The Labute approximate surface area is 129 Å². The van der Waals surface area contributed by atoms with Crippen LogP contribution in [0.4, 0.5) is 5.13 Å². The van der Waals surface area contributed by atoms with E-state index in [-0.39, 0.29) is 18.2 Å². The van der Waals surface area contributed by atoms with Crippen molar-refractivity contribution in [1.82, 2.24) is 9.55 Å². The van der Waals surface area contributed by atoms with Gasteiger partial charge in [0, 0.05) is 37.0 Å². The van der Waals surface area contributed by atoms with Gasteiger partial charge in [-0.05, 0) is 6.42 Å². The number of nitrogens with zero attached hydrogens (tertiary/aromatic N) is 4. The van der Waals surface area contributed by atoms with Crippen molar-refractivity contribution in [2.75, 3.05) is 11.4 Å². The van der Waals surface area contributed by atoms with Crippen molar-refractivity contribution in [2.45, 2.75) is 19.3 Å². The van der Waals surface area contributed by atoms with E-state index >= 15 is 0 Å². The number of thiazole rings is 2. The number of hydrogen-bond acceptors (Lipinski definition) is 5. The monoisotopic (exact) mass is 322 g/mol. The Balaban J connectivity index is 1.71. The molecule has 0 saturated carbocycles. The summed E-state index contributed by atoms with van der Waals surface area (Å²) in [6.45, 7) is 0.717. The van der Waals surface area contributed by atoms with Crippen LogP contribution in [0.2, 0.25) is 0 Å². The summed E-state index contributed by atoms with van der Waals surface area (Å²) in [6.07, 6.45) is 3.47. The van der Waals surface area contributed by atoms with E-state index in [2.05, 4.69) is 9.98 Å². The smallest absolute Gasteiger partial charge is 0.254 e. The maximum atomic E-state index is 11.9. The number of aryl methyl sites for hydroxylation is 1. The summed E-state index contributed by atoms with van der Waals surface area (Å²) in [6, 6.07) is 0. The molecule has 6 nitrogen and oxygen atoms in total. The van der Waals surface area contributed by atoms with Crippen molar-refractivity contribution in [3.8, 4) is 0 Å². The average molecular weight is 322 g/mol. The molecule has 21 heavy (non-hydrogen) atoms. The first-order valence-corrected chi connectivity index (χ1v) is 8.32. The van der Waals surface area contributed by atoms with Crippen molar-refractivity contribution in [2.24, 2.45) is 12.0 Å². The molecule has 0 aliphatic carbocycles. The van der Waals surface area contributed by atoms with Gasteiger partial charge in [0.1, 0.15) is 0 Å². The van der Waals surface area contributed by atoms with Crippen LogP contribution in [-0.4, -0.2) is 27.9 Å². The first-order valence-electron chi connectivity index (χ1n) is 6.56. The molecule has 1 aliphatic rings. The van der Waals surface area contributed by atoms with Gasteiger partial charge in [-0.25, -0.2) is 4.98 Å². The molecule has 2 aromatic rings. The number of carbonyl (C=O) groups is 2. The highest BCUT2D eigenvalue weighted by Gasteiger charge is 2.24. The van der Waals surface area contributed by atoms with Gasteiger partial charge in [0.15, 0.2) is 9.93 Å². The third-order valence-corrected chi connectivity index (χ3v) is 4.92. The molecular weight excluding hydrogens is 308 g/mol. The van der Waals surface area contributed by atoms with Crippen molar-refractivity contribution < 1.29 is 9.59 Å². The van der Waals surface area contributed by atoms with Crippen LogP contribution in [0.15, 0.2) is 21.9 Å². The molecule has 0 radical (unpaired) electrons. The zero-order chi connectivity index (χ0) is 14.8. The zero-order valence-electron chi connectivity index (χ0n) is 11.5. The third-order valence-electron chi connectivity index (χ3n) is 3.16. The van der Waals surface area contributed by atoms with E-state index in [4.69, 9.17) is 0 Å². The maximum absolute atomic E-state index is 11.9. The lowest BCUT2D eigenvalue weighted by atomic mass is 10.3. The van der Waals surface area contributed by atoms with E-state index in [1.807, 2.05) is 24.0 Å². The van der Waals surface area contributed by atoms with Crippen LogP contribution in [0.25, 0.3) is 0 Å². The normalized spacial score (nSPS) is 16.0. The van der Waals surface area contributed by atoms with Crippen LogP contribution in [0.3, 0.4) is 0 Å². The minimum Gasteiger partial charge on any atom is -0.327 e. The summed E-state index contributed by atoms with van der Waals surface area (Å²) in [4.78, 5) is 34.4. The van der Waals surface area contributed by atoms with Gasteiger partial charge in [-0.15, -0.1) is 22.7 Å². The lowest BCUT2D eigenvalue weighted by Crippen LogP contribution is -2.23. The number of aromatic nitrogens is 2. The molecule has 1 fully saturated rings. The van der Waals surface area contributed by atoms with Crippen LogP contribution in [0, 0.1) is 0 Å².